The highest BCUT2D eigenvalue weighted by Gasteiger charge is 2.39. The monoisotopic (exact) mass is 316 g/mol. The van der Waals surface area contributed by atoms with E-state index in [0.29, 0.717) is 13.0 Å². The zero-order valence-electron chi connectivity index (χ0n) is 13.6. The number of amides is 1. The normalized spacial score (nSPS) is 23.3. The molecule has 1 atom stereocenters. The lowest BCUT2D eigenvalue weighted by Gasteiger charge is -2.36. The van der Waals surface area contributed by atoms with E-state index in [2.05, 4.69) is 29.2 Å². The highest BCUT2D eigenvalue weighted by Crippen LogP contribution is 2.26. The lowest BCUT2D eigenvalue weighted by atomic mass is 10.0. The van der Waals surface area contributed by atoms with E-state index in [1.54, 1.807) is 0 Å². The van der Waals surface area contributed by atoms with E-state index in [-0.39, 0.29) is 23.8 Å². The third-order valence-corrected chi connectivity index (χ3v) is 4.94. The molecular weight excluding hydrogens is 292 g/mol. The van der Waals surface area contributed by atoms with Gasteiger partial charge in [-0.1, -0.05) is 30.3 Å². The molecule has 0 aliphatic carbocycles. The quantitative estimate of drug-likeness (QED) is 0.793. The molecule has 1 amide bonds. The SMILES string of the molecule is COC(=O)[C@H]1CC(=O)N(C2CCN(Cc3ccccc3)CC2)C1. The molecule has 0 aromatic heterocycles. The number of piperidine rings is 1. The first-order chi connectivity index (χ1) is 11.2. The molecule has 2 saturated heterocycles. The van der Waals surface area contributed by atoms with Gasteiger partial charge in [-0.05, 0) is 18.4 Å². The first-order valence-electron chi connectivity index (χ1n) is 8.31. The van der Waals surface area contributed by atoms with Crippen LogP contribution in [0, 0.1) is 5.92 Å². The summed E-state index contributed by atoms with van der Waals surface area (Å²) >= 11 is 0. The predicted octanol–water partition coefficient (Wildman–Crippen LogP) is 1.67. The smallest absolute Gasteiger partial charge is 0.310 e. The van der Waals surface area contributed by atoms with Gasteiger partial charge in [-0.3, -0.25) is 14.5 Å². The maximum absolute atomic E-state index is 12.2. The first kappa shape index (κ1) is 16.0. The molecule has 0 radical (unpaired) electrons. The van der Waals surface area contributed by atoms with E-state index in [0.717, 1.165) is 32.5 Å². The summed E-state index contributed by atoms with van der Waals surface area (Å²) in [5, 5.41) is 0. The van der Waals surface area contributed by atoms with Crippen LogP contribution in [0.25, 0.3) is 0 Å². The second kappa shape index (κ2) is 7.13. The Balaban J connectivity index is 1.51. The summed E-state index contributed by atoms with van der Waals surface area (Å²) in [7, 11) is 1.39. The number of rotatable bonds is 4. The van der Waals surface area contributed by atoms with Crippen molar-refractivity contribution in [1.82, 2.24) is 9.80 Å². The molecule has 0 bridgehead atoms. The second-order valence-electron chi connectivity index (χ2n) is 6.46. The zero-order chi connectivity index (χ0) is 16.2. The van der Waals surface area contributed by atoms with Gasteiger partial charge in [0.25, 0.3) is 0 Å². The lowest BCUT2D eigenvalue weighted by Crippen LogP contribution is -2.45. The molecular formula is C18H24N2O3. The number of carbonyl (C=O) groups excluding carboxylic acids is 2. The number of carbonyl (C=O) groups is 2. The highest BCUT2D eigenvalue weighted by molar-refractivity contribution is 5.87. The Hall–Kier alpha value is -1.88. The molecule has 124 valence electrons. The summed E-state index contributed by atoms with van der Waals surface area (Å²) in [4.78, 5) is 28.2. The minimum absolute atomic E-state index is 0.0990. The Bertz CT molecular complexity index is 553. The van der Waals surface area contributed by atoms with E-state index in [4.69, 9.17) is 4.74 Å². The Morgan fingerprint density at radius 2 is 1.91 bits per heavy atom. The van der Waals surface area contributed by atoms with E-state index < -0.39 is 0 Å². The van der Waals surface area contributed by atoms with Crippen LogP contribution in [0.4, 0.5) is 0 Å². The number of methoxy groups -OCH3 is 1. The minimum Gasteiger partial charge on any atom is -0.469 e. The van der Waals surface area contributed by atoms with Crippen LogP contribution in [0.5, 0.6) is 0 Å². The molecule has 0 spiro atoms. The van der Waals surface area contributed by atoms with Crippen LogP contribution in [0.3, 0.4) is 0 Å². The number of nitrogens with zero attached hydrogens (tertiary/aromatic N) is 2. The summed E-state index contributed by atoms with van der Waals surface area (Å²) in [6, 6.07) is 10.7. The second-order valence-corrected chi connectivity index (χ2v) is 6.46. The molecule has 0 saturated carbocycles. The molecule has 5 nitrogen and oxygen atoms in total. The molecule has 2 aliphatic rings. The van der Waals surface area contributed by atoms with Crippen molar-refractivity contribution in [2.24, 2.45) is 5.92 Å². The first-order valence-corrected chi connectivity index (χ1v) is 8.31. The summed E-state index contributed by atoms with van der Waals surface area (Å²) in [6.45, 7) is 3.47. The van der Waals surface area contributed by atoms with E-state index in [9.17, 15) is 9.59 Å². The molecule has 23 heavy (non-hydrogen) atoms. The average Bonchev–Trinajstić information content (AvgIpc) is 2.98. The van der Waals surface area contributed by atoms with Crippen molar-refractivity contribution < 1.29 is 14.3 Å². The van der Waals surface area contributed by atoms with Gasteiger partial charge in [-0.2, -0.15) is 0 Å². The van der Waals surface area contributed by atoms with Crippen LogP contribution in [-0.4, -0.2) is 54.5 Å². The fourth-order valence-corrected chi connectivity index (χ4v) is 3.64. The molecule has 1 aromatic carbocycles. The molecule has 2 heterocycles. The number of hydrogen-bond donors (Lipinski definition) is 0. The number of esters is 1. The van der Waals surface area contributed by atoms with Crippen molar-refractivity contribution >= 4 is 11.9 Å². The Labute approximate surface area is 137 Å². The molecule has 0 N–H and O–H groups in total. The lowest BCUT2D eigenvalue weighted by molar-refractivity contribution is -0.145. The zero-order valence-corrected chi connectivity index (χ0v) is 13.6. The third kappa shape index (κ3) is 3.72. The van der Waals surface area contributed by atoms with Crippen molar-refractivity contribution in [3.63, 3.8) is 0 Å². The van der Waals surface area contributed by atoms with Gasteiger partial charge in [0.1, 0.15) is 0 Å². The van der Waals surface area contributed by atoms with E-state index in [1.165, 1.54) is 12.7 Å². The average molecular weight is 316 g/mol. The Kier molecular flexibility index (Phi) is 4.96. The summed E-state index contributed by atoms with van der Waals surface area (Å²) in [5.74, 6) is -0.445. The van der Waals surface area contributed by atoms with Crippen LogP contribution in [-0.2, 0) is 20.9 Å². The summed E-state index contributed by atoms with van der Waals surface area (Å²) < 4.78 is 4.78. The number of benzene rings is 1. The summed E-state index contributed by atoms with van der Waals surface area (Å²) in [6.07, 6.45) is 2.26. The standard InChI is InChI=1S/C18H24N2O3/c1-23-18(22)15-11-17(21)20(13-15)16-7-9-19(10-8-16)12-14-5-3-2-4-6-14/h2-6,15-16H,7-13H2,1H3/t15-/m0/s1. The van der Waals surface area contributed by atoms with Gasteiger partial charge in [0.2, 0.25) is 5.91 Å². The molecule has 3 rings (SSSR count). The van der Waals surface area contributed by atoms with E-state index >= 15 is 0 Å². The molecule has 0 unspecified atom stereocenters. The fraction of sp³-hybridized carbons (Fsp3) is 0.556. The fourth-order valence-electron chi connectivity index (χ4n) is 3.64. The molecule has 1 aromatic rings. The van der Waals surface area contributed by atoms with Crippen molar-refractivity contribution in [3.05, 3.63) is 35.9 Å². The number of hydrogen-bond acceptors (Lipinski definition) is 4. The van der Waals surface area contributed by atoms with Crippen molar-refractivity contribution in [1.29, 1.82) is 0 Å². The highest BCUT2D eigenvalue weighted by atomic mass is 16.5. The van der Waals surface area contributed by atoms with Crippen LogP contribution < -0.4 is 0 Å². The topological polar surface area (TPSA) is 49.9 Å². The maximum Gasteiger partial charge on any atom is 0.310 e. The largest absolute Gasteiger partial charge is 0.469 e. The van der Waals surface area contributed by atoms with Crippen molar-refractivity contribution in [2.75, 3.05) is 26.7 Å². The number of ether oxygens (including phenoxy) is 1. The third-order valence-electron chi connectivity index (χ3n) is 4.94. The molecule has 5 heteroatoms. The number of likely N-dealkylation sites (tertiary alicyclic amines) is 2. The van der Waals surface area contributed by atoms with Crippen LogP contribution >= 0.6 is 0 Å². The van der Waals surface area contributed by atoms with Crippen molar-refractivity contribution in [3.8, 4) is 0 Å². The van der Waals surface area contributed by atoms with Gasteiger partial charge >= 0.3 is 5.97 Å². The van der Waals surface area contributed by atoms with Gasteiger partial charge < -0.3 is 9.64 Å². The predicted molar refractivity (Wildman–Crippen MR) is 86.6 cm³/mol. The van der Waals surface area contributed by atoms with Gasteiger partial charge in [0.15, 0.2) is 0 Å². The summed E-state index contributed by atoms with van der Waals surface area (Å²) in [5.41, 5.74) is 1.33. The molecule has 2 aliphatic heterocycles. The van der Waals surface area contributed by atoms with Crippen molar-refractivity contribution in [2.45, 2.75) is 31.8 Å². The van der Waals surface area contributed by atoms with Crippen LogP contribution in [0.1, 0.15) is 24.8 Å². The maximum atomic E-state index is 12.2. The van der Waals surface area contributed by atoms with Gasteiger partial charge in [-0.15, -0.1) is 0 Å². The van der Waals surface area contributed by atoms with E-state index in [1.807, 2.05) is 11.0 Å². The Morgan fingerprint density at radius 1 is 1.22 bits per heavy atom. The minimum atomic E-state index is -0.283. The Morgan fingerprint density at radius 3 is 2.57 bits per heavy atom. The van der Waals surface area contributed by atoms with Crippen LogP contribution in [0.15, 0.2) is 30.3 Å². The van der Waals surface area contributed by atoms with Gasteiger partial charge in [-0.25, -0.2) is 0 Å². The molecule has 2 fully saturated rings. The van der Waals surface area contributed by atoms with Gasteiger partial charge in [0.05, 0.1) is 13.0 Å². The van der Waals surface area contributed by atoms with Gasteiger partial charge in [0, 0.05) is 38.6 Å². The van der Waals surface area contributed by atoms with Crippen LogP contribution in [0.2, 0.25) is 0 Å².